The van der Waals surface area contributed by atoms with E-state index in [1.165, 1.54) is 6.33 Å². The second-order valence-electron chi connectivity index (χ2n) is 3.97. The van der Waals surface area contributed by atoms with Crippen molar-refractivity contribution < 1.29 is 0 Å². The number of H-pyrrole nitrogens is 1. The number of fused-ring (bicyclic) bond motifs is 1. The van der Waals surface area contributed by atoms with Crippen molar-refractivity contribution in [2.45, 2.75) is 10.5 Å². The second-order valence-corrected chi connectivity index (χ2v) is 5.41. The van der Waals surface area contributed by atoms with Crippen LogP contribution in [0.1, 0.15) is 10.5 Å². The van der Waals surface area contributed by atoms with Gasteiger partial charge in [-0.05, 0) is 6.07 Å². The Balaban J connectivity index is 2.03. The summed E-state index contributed by atoms with van der Waals surface area (Å²) < 4.78 is 1.81. The molecule has 7 heteroatoms. The van der Waals surface area contributed by atoms with Gasteiger partial charge in [0.25, 0.3) is 0 Å². The van der Waals surface area contributed by atoms with Crippen molar-refractivity contribution >= 4 is 33.6 Å². The van der Waals surface area contributed by atoms with E-state index in [0.717, 1.165) is 22.3 Å². The summed E-state index contributed by atoms with van der Waals surface area (Å²) >= 11 is 2.20. The minimum Gasteiger partial charge on any atom is -0.346 e. The molecular weight excluding hydrogens is 355 g/mol. The van der Waals surface area contributed by atoms with E-state index in [2.05, 4.69) is 48.7 Å². The minimum atomic E-state index is 0.0277. The van der Waals surface area contributed by atoms with E-state index >= 15 is 0 Å². The fraction of sp³-hybridized carbons (Fsp3) is 0.167. The van der Waals surface area contributed by atoms with Gasteiger partial charge in [-0.1, -0.05) is 22.6 Å². The molecule has 0 aromatic carbocycles. The molecule has 0 unspecified atom stereocenters. The van der Waals surface area contributed by atoms with Crippen LogP contribution in [-0.4, -0.2) is 24.7 Å². The van der Waals surface area contributed by atoms with Crippen LogP contribution in [0.2, 0.25) is 0 Å². The Kier molecular flexibility index (Phi) is 3.16. The summed E-state index contributed by atoms with van der Waals surface area (Å²) in [6, 6.07) is 4.08. The lowest BCUT2D eigenvalue weighted by Crippen LogP contribution is -2.00. The largest absolute Gasteiger partial charge is 0.346 e. The molecule has 1 atom stereocenters. The quantitative estimate of drug-likeness (QED) is 0.572. The van der Waals surface area contributed by atoms with Gasteiger partial charge in [0.2, 0.25) is 0 Å². The highest BCUT2D eigenvalue weighted by atomic mass is 127. The molecule has 3 aromatic rings. The maximum Gasteiger partial charge on any atom is 0.141 e. The van der Waals surface area contributed by atoms with Crippen LogP contribution in [0.15, 0.2) is 31.0 Å². The van der Waals surface area contributed by atoms with Gasteiger partial charge in [-0.2, -0.15) is 10.4 Å². The molecule has 0 aliphatic rings. The number of halogens is 1. The third-order valence-corrected chi connectivity index (χ3v) is 3.79. The molecule has 0 saturated heterocycles. The smallest absolute Gasteiger partial charge is 0.141 e. The van der Waals surface area contributed by atoms with Crippen molar-refractivity contribution in [3.8, 4) is 17.3 Å². The van der Waals surface area contributed by atoms with E-state index in [1.807, 2.05) is 18.5 Å². The van der Waals surface area contributed by atoms with E-state index in [-0.39, 0.29) is 4.05 Å². The molecule has 3 heterocycles. The highest BCUT2D eigenvalue weighted by Crippen LogP contribution is 2.26. The number of aromatic amines is 1. The number of nitrogens with zero attached hydrogens (tertiary/aromatic N) is 5. The lowest BCUT2D eigenvalue weighted by molar-refractivity contribution is 0.633. The van der Waals surface area contributed by atoms with Crippen LogP contribution in [0.5, 0.6) is 0 Å². The van der Waals surface area contributed by atoms with Gasteiger partial charge >= 0.3 is 0 Å². The van der Waals surface area contributed by atoms with Gasteiger partial charge in [0, 0.05) is 23.3 Å². The zero-order chi connectivity index (χ0) is 13.2. The van der Waals surface area contributed by atoms with Crippen molar-refractivity contribution in [1.29, 1.82) is 5.26 Å². The molecule has 0 fully saturated rings. The fourth-order valence-corrected chi connectivity index (χ4v) is 2.39. The number of nitriles is 1. The lowest BCUT2D eigenvalue weighted by Gasteiger charge is -2.04. The number of rotatable bonds is 3. The Hall–Kier alpha value is -1.95. The lowest BCUT2D eigenvalue weighted by atomic mass is 10.2. The molecule has 0 spiro atoms. The average Bonchev–Trinajstić information content (AvgIpc) is 3.07. The first-order chi connectivity index (χ1) is 9.29. The first kappa shape index (κ1) is 12.1. The zero-order valence-corrected chi connectivity index (χ0v) is 11.9. The van der Waals surface area contributed by atoms with Crippen molar-refractivity contribution in [3.63, 3.8) is 0 Å². The van der Waals surface area contributed by atoms with Crippen LogP contribution in [-0.2, 0) is 0 Å². The van der Waals surface area contributed by atoms with Crippen molar-refractivity contribution in [2.24, 2.45) is 0 Å². The Morgan fingerprint density at radius 1 is 1.47 bits per heavy atom. The molecule has 0 saturated carbocycles. The Morgan fingerprint density at radius 2 is 2.37 bits per heavy atom. The van der Waals surface area contributed by atoms with Crippen molar-refractivity contribution in [3.05, 3.63) is 31.0 Å². The standard InChI is InChI=1S/C12H9IN6/c13-10(1-3-14)19-6-8(5-18-19)11-9-2-4-15-12(9)17-7-16-11/h2,4-7,10H,1H2,(H,15,16,17)/t10-/m1/s1. The summed E-state index contributed by atoms with van der Waals surface area (Å²) in [5, 5.41) is 14.0. The third-order valence-electron chi connectivity index (χ3n) is 2.78. The predicted octanol–water partition coefficient (Wildman–Crippen LogP) is 2.67. The van der Waals surface area contributed by atoms with E-state index in [9.17, 15) is 0 Å². The fourth-order valence-electron chi connectivity index (χ4n) is 1.88. The minimum absolute atomic E-state index is 0.0277. The van der Waals surface area contributed by atoms with E-state index in [1.54, 1.807) is 10.9 Å². The van der Waals surface area contributed by atoms with Gasteiger partial charge in [-0.3, -0.25) is 4.68 Å². The van der Waals surface area contributed by atoms with Crippen LogP contribution < -0.4 is 0 Å². The van der Waals surface area contributed by atoms with Crippen LogP contribution >= 0.6 is 22.6 Å². The van der Waals surface area contributed by atoms with Crippen LogP contribution in [0.4, 0.5) is 0 Å². The molecule has 94 valence electrons. The summed E-state index contributed by atoms with van der Waals surface area (Å²) in [5.74, 6) is 0. The Morgan fingerprint density at radius 3 is 3.21 bits per heavy atom. The molecule has 3 aromatic heterocycles. The summed E-state index contributed by atoms with van der Waals surface area (Å²) in [5.41, 5.74) is 2.57. The first-order valence-corrected chi connectivity index (χ1v) is 6.88. The molecule has 19 heavy (non-hydrogen) atoms. The highest BCUT2D eigenvalue weighted by molar-refractivity contribution is 14.1. The highest BCUT2D eigenvalue weighted by Gasteiger charge is 2.12. The van der Waals surface area contributed by atoms with Crippen LogP contribution in [0, 0.1) is 11.3 Å². The average molecular weight is 364 g/mol. The van der Waals surface area contributed by atoms with Gasteiger partial charge in [0.05, 0.1) is 24.4 Å². The number of alkyl halides is 1. The van der Waals surface area contributed by atoms with Gasteiger partial charge in [-0.15, -0.1) is 0 Å². The monoisotopic (exact) mass is 364 g/mol. The molecule has 0 aliphatic heterocycles. The summed E-state index contributed by atoms with van der Waals surface area (Å²) in [6.07, 6.45) is 7.46. The zero-order valence-electron chi connectivity index (χ0n) is 9.79. The molecule has 0 radical (unpaired) electrons. The van der Waals surface area contributed by atoms with Gasteiger partial charge in [0.15, 0.2) is 0 Å². The van der Waals surface area contributed by atoms with Gasteiger partial charge in [0.1, 0.15) is 16.0 Å². The van der Waals surface area contributed by atoms with Gasteiger partial charge in [-0.25, -0.2) is 9.97 Å². The number of hydrogen-bond acceptors (Lipinski definition) is 4. The second kappa shape index (κ2) is 4.97. The molecular formula is C12H9IN6. The molecule has 0 amide bonds. The molecule has 0 aliphatic carbocycles. The predicted molar refractivity (Wildman–Crippen MR) is 78.4 cm³/mol. The van der Waals surface area contributed by atoms with Crippen LogP contribution in [0.25, 0.3) is 22.3 Å². The number of hydrogen-bond donors (Lipinski definition) is 1. The van der Waals surface area contributed by atoms with Gasteiger partial charge < -0.3 is 4.98 Å². The topological polar surface area (TPSA) is 83.2 Å². The SMILES string of the molecule is N#CC[C@H](I)n1cc(-c2ncnc3[nH]ccc23)cn1. The van der Waals surface area contributed by atoms with Crippen molar-refractivity contribution in [1.82, 2.24) is 24.7 Å². The maximum absolute atomic E-state index is 8.71. The summed E-state index contributed by atoms with van der Waals surface area (Å²) in [4.78, 5) is 11.5. The van der Waals surface area contributed by atoms with E-state index in [4.69, 9.17) is 5.26 Å². The molecule has 1 N–H and O–H groups in total. The number of aromatic nitrogens is 5. The number of nitrogens with one attached hydrogen (secondary N) is 1. The molecule has 0 bridgehead atoms. The van der Waals surface area contributed by atoms with E-state index in [0.29, 0.717) is 6.42 Å². The molecule has 6 nitrogen and oxygen atoms in total. The maximum atomic E-state index is 8.71. The summed E-state index contributed by atoms with van der Waals surface area (Å²) in [7, 11) is 0. The Labute approximate surface area is 122 Å². The molecule has 3 rings (SSSR count). The third kappa shape index (κ3) is 2.19. The normalized spacial score (nSPS) is 12.4. The van der Waals surface area contributed by atoms with Crippen molar-refractivity contribution in [2.75, 3.05) is 0 Å². The van der Waals surface area contributed by atoms with E-state index < -0.39 is 0 Å². The Bertz CT molecular complexity index is 753. The first-order valence-electron chi connectivity index (χ1n) is 5.63. The summed E-state index contributed by atoms with van der Waals surface area (Å²) in [6.45, 7) is 0. The van der Waals surface area contributed by atoms with Crippen LogP contribution in [0.3, 0.4) is 0 Å².